The molecule has 0 fully saturated rings. The first-order valence-electron chi connectivity index (χ1n) is 5.72. The van der Waals surface area contributed by atoms with Crippen LogP contribution in [0.2, 0.25) is 5.02 Å². The van der Waals surface area contributed by atoms with E-state index in [0.29, 0.717) is 22.8 Å². The van der Waals surface area contributed by atoms with Crippen LogP contribution in [0.25, 0.3) is 0 Å². The van der Waals surface area contributed by atoms with Crippen LogP contribution in [0, 0.1) is 11.3 Å². The summed E-state index contributed by atoms with van der Waals surface area (Å²) in [4.78, 5) is 14.7. The number of nitrogens with one attached hydrogen (secondary N) is 1. The molecule has 0 unspecified atom stereocenters. The van der Waals surface area contributed by atoms with Crippen molar-refractivity contribution in [1.29, 1.82) is 5.26 Å². The maximum atomic E-state index is 10.7. The molecule has 1 aromatic heterocycles. The van der Waals surface area contributed by atoms with E-state index in [9.17, 15) is 4.79 Å². The highest BCUT2D eigenvalue weighted by Crippen LogP contribution is 2.20. The second kappa shape index (κ2) is 6.04. The lowest BCUT2D eigenvalue weighted by molar-refractivity contribution is 0.0696. The van der Waals surface area contributed by atoms with Crippen LogP contribution in [-0.4, -0.2) is 16.1 Å². The van der Waals surface area contributed by atoms with Crippen molar-refractivity contribution in [2.45, 2.75) is 6.54 Å². The molecule has 0 saturated heterocycles. The van der Waals surface area contributed by atoms with Gasteiger partial charge in [0.1, 0.15) is 6.07 Å². The fraction of sp³-hybridized carbons (Fsp3) is 0.0714. The standard InChI is InChI=1S/C14H10ClN3O2/c15-13-5-11(3-1-9(13)6-16)18-8-12-4-2-10(7-17-12)14(19)20/h1-5,7,18H,8H2,(H,19,20). The molecule has 100 valence electrons. The van der Waals surface area contributed by atoms with Crippen LogP contribution in [0.4, 0.5) is 5.69 Å². The molecule has 0 aliphatic rings. The monoisotopic (exact) mass is 287 g/mol. The summed E-state index contributed by atoms with van der Waals surface area (Å²) in [7, 11) is 0. The third-order valence-electron chi connectivity index (χ3n) is 2.63. The Hall–Kier alpha value is -2.58. The van der Waals surface area contributed by atoms with Crippen LogP contribution < -0.4 is 5.32 Å². The van der Waals surface area contributed by atoms with Crippen molar-refractivity contribution in [1.82, 2.24) is 4.98 Å². The first-order valence-corrected chi connectivity index (χ1v) is 6.09. The summed E-state index contributed by atoms with van der Waals surface area (Å²) in [5.41, 5.74) is 2.03. The number of nitrogens with zero attached hydrogens (tertiary/aromatic N) is 2. The number of hydrogen-bond acceptors (Lipinski definition) is 4. The van der Waals surface area contributed by atoms with Crippen molar-refractivity contribution < 1.29 is 9.90 Å². The van der Waals surface area contributed by atoms with Gasteiger partial charge in [0.15, 0.2) is 0 Å². The lowest BCUT2D eigenvalue weighted by Crippen LogP contribution is -2.03. The van der Waals surface area contributed by atoms with Gasteiger partial charge in [-0.05, 0) is 30.3 Å². The van der Waals surface area contributed by atoms with Crippen LogP contribution in [0.5, 0.6) is 0 Å². The minimum Gasteiger partial charge on any atom is -0.478 e. The normalized spacial score (nSPS) is 9.80. The Labute approximate surface area is 120 Å². The minimum absolute atomic E-state index is 0.148. The molecule has 0 amide bonds. The van der Waals surface area contributed by atoms with Crippen LogP contribution >= 0.6 is 11.6 Å². The number of carboxylic acid groups (broad SMARTS) is 1. The molecular weight excluding hydrogens is 278 g/mol. The molecule has 1 heterocycles. The van der Waals surface area contributed by atoms with Crippen LogP contribution in [0.15, 0.2) is 36.5 Å². The molecule has 2 rings (SSSR count). The summed E-state index contributed by atoms with van der Waals surface area (Å²) >= 11 is 5.92. The predicted octanol–water partition coefficient (Wildman–Crippen LogP) is 2.92. The highest BCUT2D eigenvalue weighted by atomic mass is 35.5. The lowest BCUT2D eigenvalue weighted by Gasteiger charge is -2.07. The summed E-state index contributed by atoms with van der Waals surface area (Å²) in [6.45, 7) is 0.433. The Morgan fingerprint density at radius 2 is 2.20 bits per heavy atom. The van der Waals surface area contributed by atoms with E-state index < -0.39 is 5.97 Å². The van der Waals surface area contributed by atoms with Gasteiger partial charge in [-0.2, -0.15) is 5.26 Å². The van der Waals surface area contributed by atoms with Crippen molar-refractivity contribution >= 4 is 23.3 Å². The summed E-state index contributed by atoms with van der Waals surface area (Å²) in [6, 6.07) is 10.2. The number of hydrogen-bond donors (Lipinski definition) is 2. The van der Waals surface area contributed by atoms with Gasteiger partial charge in [-0.1, -0.05) is 11.6 Å². The quantitative estimate of drug-likeness (QED) is 0.903. The first-order chi connectivity index (χ1) is 9.60. The molecule has 0 bridgehead atoms. The number of pyridine rings is 1. The van der Waals surface area contributed by atoms with Gasteiger partial charge in [-0.15, -0.1) is 0 Å². The summed E-state index contributed by atoms with van der Waals surface area (Å²) in [5.74, 6) is -1.00. The molecule has 6 heteroatoms. The molecule has 2 N–H and O–H groups in total. The third kappa shape index (κ3) is 3.25. The molecular formula is C14H10ClN3O2. The zero-order chi connectivity index (χ0) is 14.5. The number of nitriles is 1. The average molecular weight is 288 g/mol. The largest absolute Gasteiger partial charge is 0.478 e. The molecule has 0 atom stereocenters. The summed E-state index contributed by atoms with van der Waals surface area (Å²) < 4.78 is 0. The van der Waals surface area contributed by atoms with Gasteiger partial charge in [-0.25, -0.2) is 4.79 Å². The van der Waals surface area contributed by atoms with E-state index in [1.165, 1.54) is 12.3 Å². The maximum absolute atomic E-state index is 10.7. The number of rotatable bonds is 4. The first kappa shape index (κ1) is 13.8. The Balaban J connectivity index is 2.03. The topological polar surface area (TPSA) is 86.0 Å². The maximum Gasteiger partial charge on any atom is 0.337 e. The molecule has 5 nitrogen and oxygen atoms in total. The Morgan fingerprint density at radius 3 is 2.75 bits per heavy atom. The van der Waals surface area contributed by atoms with Gasteiger partial charge in [0, 0.05) is 11.9 Å². The van der Waals surface area contributed by atoms with Gasteiger partial charge in [-0.3, -0.25) is 4.98 Å². The summed E-state index contributed by atoms with van der Waals surface area (Å²) in [5, 5.41) is 21.0. The lowest BCUT2D eigenvalue weighted by atomic mass is 10.2. The molecule has 2 aromatic rings. The van der Waals surface area contributed by atoms with Gasteiger partial charge < -0.3 is 10.4 Å². The Kier molecular flexibility index (Phi) is 4.18. The summed E-state index contributed by atoms with van der Waals surface area (Å²) in [6.07, 6.45) is 1.31. The molecule has 0 aliphatic heterocycles. The van der Waals surface area contributed by atoms with E-state index in [1.807, 2.05) is 6.07 Å². The van der Waals surface area contributed by atoms with Crippen LogP contribution in [0.3, 0.4) is 0 Å². The molecule has 0 aliphatic carbocycles. The van der Waals surface area contributed by atoms with E-state index >= 15 is 0 Å². The average Bonchev–Trinajstić information content (AvgIpc) is 2.45. The van der Waals surface area contributed by atoms with Gasteiger partial charge in [0.2, 0.25) is 0 Å². The Bertz CT molecular complexity index is 678. The smallest absolute Gasteiger partial charge is 0.337 e. The number of anilines is 1. The molecule has 0 radical (unpaired) electrons. The van der Waals surface area contributed by atoms with Crippen molar-refractivity contribution in [2.75, 3.05) is 5.32 Å². The zero-order valence-electron chi connectivity index (χ0n) is 10.3. The van der Waals surface area contributed by atoms with Crippen LogP contribution in [-0.2, 0) is 6.54 Å². The number of aromatic carboxylic acids is 1. The molecule has 0 saturated carbocycles. The molecule has 1 aromatic carbocycles. The number of benzene rings is 1. The van der Waals surface area contributed by atoms with Crippen molar-refractivity contribution in [2.24, 2.45) is 0 Å². The molecule has 20 heavy (non-hydrogen) atoms. The third-order valence-corrected chi connectivity index (χ3v) is 2.95. The highest BCUT2D eigenvalue weighted by Gasteiger charge is 2.04. The number of carbonyl (C=O) groups is 1. The highest BCUT2D eigenvalue weighted by molar-refractivity contribution is 6.32. The minimum atomic E-state index is -1.00. The van der Waals surface area contributed by atoms with E-state index in [1.54, 1.807) is 24.3 Å². The van der Waals surface area contributed by atoms with Gasteiger partial charge in [0.05, 0.1) is 28.4 Å². The van der Waals surface area contributed by atoms with E-state index in [0.717, 1.165) is 5.69 Å². The zero-order valence-corrected chi connectivity index (χ0v) is 11.1. The van der Waals surface area contributed by atoms with Gasteiger partial charge >= 0.3 is 5.97 Å². The predicted molar refractivity (Wildman–Crippen MR) is 74.7 cm³/mol. The van der Waals surface area contributed by atoms with Crippen LogP contribution in [0.1, 0.15) is 21.6 Å². The molecule has 0 spiro atoms. The fourth-order valence-electron chi connectivity index (χ4n) is 1.56. The van der Waals surface area contributed by atoms with Crippen molar-refractivity contribution in [3.05, 3.63) is 58.4 Å². The van der Waals surface area contributed by atoms with Crippen molar-refractivity contribution in [3.8, 4) is 6.07 Å². The number of carboxylic acids is 1. The Morgan fingerprint density at radius 1 is 1.40 bits per heavy atom. The van der Waals surface area contributed by atoms with E-state index in [-0.39, 0.29) is 5.56 Å². The van der Waals surface area contributed by atoms with Gasteiger partial charge in [0.25, 0.3) is 0 Å². The van der Waals surface area contributed by atoms with E-state index in [4.69, 9.17) is 22.0 Å². The number of aromatic nitrogens is 1. The second-order valence-electron chi connectivity index (χ2n) is 4.00. The van der Waals surface area contributed by atoms with Crippen molar-refractivity contribution in [3.63, 3.8) is 0 Å². The second-order valence-corrected chi connectivity index (χ2v) is 4.41. The fourth-order valence-corrected chi connectivity index (χ4v) is 1.79. The van der Waals surface area contributed by atoms with E-state index in [2.05, 4.69) is 10.3 Å². The SMILES string of the molecule is N#Cc1ccc(NCc2ccc(C(=O)O)cn2)cc1Cl. The number of halogens is 1.